The molecule has 0 amide bonds. The molecule has 0 atom stereocenters. The van der Waals surface area contributed by atoms with Crippen LogP contribution < -0.4 is 4.74 Å². The highest BCUT2D eigenvalue weighted by Crippen LogP contribution is 2.30. The van der Waals surface area contributed by atoms with Gasteiger partial charge in [-0.1, -0.05) is 26.0 Å². The van der Waals surface area contributed by atoms with Gasteiger partial charge in [0.25, 0.3) is 0 Å². The number of imidazole rings is 1. The van der Waals surface area contributed by atoms with Crippen molar-refractivity contribution >= 4 is 10.0 Å². The number of nitrogens with zero attached hydrogens (tertiary/aromatic N) is 3. The summed E-state index contributed by atoms with van der Waals surface area (Å²) < 4.78 is 35.5. The molecule has 3 rings (SSSR count). The molecule has 1 fully saturated rings. The Hall–Kier alpha value is -1.86. The molecule has 2 heterocycles. The van der Waals surface area contributed by atoms with Gasteiger partial charge in [-0.3, -0.25) is 0 Å². The molecule has 0 saturated carbocycles. The minimum atomic E-state index is -3.53. The van der Waals surface area contributed by atoms with E-state index in [0.717, 1.165) is 25.2 Å². The van der Waals surface area contributed by atoms with E-state index in [1.165, 1.54) is 0 Å². The lowest BCUT2D eigenvalue weighted by atomic mass is 9.98. The van der Waals surface area contributed by atoms with Crippen molar-refractivity contribution in [2.24, 2.45) is 5.92 Å². The van der Waals surface area contributed by atoms with Crippen LogP contribution in [0.25, 0.3) is 0 Å². The first-order valence-corrected chi connectivity index (χ1v) is 11.1. The summed E-state index contributed by atoms with van der Waals surface area (Å²) in [5, 5.41) is 0. The third kappa shape index (κ3) is 4.35. The number of hydrogen-bond acceptors (Lipinski definition) is 4. The van der Waals surface area contributed by atoms with Crippen molar-refractivity contribution in [3.63, 3.8) is 0 Å². The summed E-state index contributed by atoms with van der Waals surface area (Å²) in [6.07, 6.45) is 5.58. The monoisotopic (exact) mass is 391 g/mol. The Morgan fingerprint density at radius 3 is 2.59 bits per heavy atom. The normalized spacial score (nSPS) is 16.7. The van der Waals surface area contributed by atoms with E-state index in [0.29, 0.717) is 37.3 Å². The Morgan fingerprint density at radius 1 is 1.22 bits per heavy atom. The number of rotatable bonds is 7. The van der Waals surface area contributed by atoms with Crippen molar-refractivity contribution < 1.29 is 13.2 Å². The van der Waals surface area contributed by atoms with Crippen LogP contribution in [-0.4, -0.2) is 42.0 Å². The van der Waals surface area contributed by atoms with Gasteiger partial charge in [0.2, 0.25) is 10.0 Å². The predicted octanol–water partition coefficient (Wildman–Crippen LogP) is 3.51. The fourth-order valence-electron chi connectivity index (χ4n) is 3.66. The second kappa shape index (κ2) is 8.44. The van der Waals surface area contributed by atoms with Crippen LogP contribution in [0.1, 0.15) is 45.4 Å². The first-order chi connectivity index (χ1) is 12.9. The van der Waals surface area contributed by atoms with E-state index in [2.05, 4.69) is 23.4 Å². The molecule has 6 nitrogen and oxygen atoms in total. The molecule has 1 aliphatic rings. The van der Waals surface area contributed by atoms with Crippen LogP contribution in [0, 0.1) is 5.92 Å². The van der Waals surface area contributed by atoms with Crippen LogP contribution in [0.4, 0.5) is 0 Å². The quantitative estimate of drug-likeness (QED) is 0.725. The lowest BCUT2D eigenvalue weighted by molar-refractivity contribution is 0.250. The Kier molecular flexibility index (Phi) is 6.22. The Bertz CT molecular complexity index is 853. The van der Waals surface area contributed by atoms with E-state index in [-0.39, 0.29) is 4.90 Å². The molecule has 1 aromatic carbocycles. The van der Waals surface area contributed by atoms with Gasteiger partial charge in [-0.2, -0.15) is 4.31 Å². The van der Waals surface area contributed by atoms with Crippen LogP contribution in [0.15, 0.2) is 41.6 Å². The zero-order valence-corrected chi connectivity index (χ0v) is 17.2. The number of hydrogen-bond donors (Lipinski definition) is 0. The second-order valence-electron chi connectivity index (χ2n) is 7.32. The minimum Gasteiger partial charge on any atom is -0.492 e. The number of piperidine rings is 1. The molecular formula is C20H29N3O3S. The maximum atomic E-state index is 13.1. The third-order valence-electron chi connectivity index (χ3n) is 5.06. The highest BCUT2D eigenvalue weighted by atomic mass is 32.2. The standard InChI is InChI=1S/C20H29N3O3S/c1-4-26-18-7-5-6-8-19(18)27(24,25)23-12-9-17(10-13-23)15-22-14-11-21-20(22)16(2)3/h5-8,11,14,16-17H,4,9-10,12-13,15H2,1-3H3. The summed E-state index contributed by atoms with van der Waals surface area (Å²) in [4.78, 5) is 4.71. The van der Waals surface area contributed by atoms with E-state index < -0.39 is 10.0 Å². The topological polar surface area (TPSA) is 64.4 Å². The first-order valence-electron chi connectivity index (χ1n) is 9.66. The van der Waals surface area contributed by atoms with Gasteiger partial charge < -0.3 is 9.30 Å². The summed E-state index contributed by atoms with van der Waals surface area (Å²) in [6.45, 7) is 8.57. The van der Waals surface area contributed by atoms with E-state index in [4.69, 9.17) is 4.74 Å². The van der Waals surface area contributed by atoms with Gasteiger partial charge in [0.1, 0.15) is 16.5 Å². The molecule has 0 radical (unpaired) electrons. The van der Waals surface area contributed by atoms with Gasteiger partial charge in [0.05, 0.1) is 6.61 Å². The minimum absolute atomic E-state index is 0.266. The molecule has 1 aliphatic heterocycles. The van der Waals surface area contributed by atoms with Gasteiger partial charge in [-0.05, 0) is 37.8 Å². The van der Waals surface area contributed by atoms with E-state index in [1.54, 1.807) is 28.6 Å². The lowest BCUT2D eigenvalue weighted by Gasteiger charge is -2.32. The van der Waals surface area contributed by atoms with Crippen LogP contribution >= 0.6 is 0 Å². The molecule has 0 bridgehead atoms. The van der Waals surface area contributed by atoms with Crippen LogP contribution in [0.2, 0.25) is 0 Å². The van der Waals surface area contributed by atoms with Crippen molar-refractivity contribution in [2.45, 2.75) is 51.0 Å². The van der Waals surface area contributed by atoms with E-state index >= 15 is 0 Å². The van der Waals surface area contributed by atoms with E-state index in [1.807, 2.05) is 19.3 Å². The molecule has 148 valence electrons. The summed E-state index contributed by atoms with van der Waals surface area (Å²) in [6, 6.07) is 6.89. The Morgan fingerprint density at radius 2 is 1.93 bits per heavy atom. The molecule has 2 aromatic rings. The third-order valence-corrected chi connectivity index (χ3v) is 7.00. The maximum Gasteiger partial charge on any atom is 0.246 e. The first kappa shape index (κ1) is 19.9. The number of ether oxygens (including phenoxy) is 1. The lowest BCUT2D eigenvalue weighted by Crippen LogP contribution is -2.39. The van der Waals surface area contributed by atoms with Crippen LogP contribution in [0.3, 0.4) is 0 Å². The van der Waals surface area contributed by atoms with Crippen molar-refractivity contribution in [3.05, 3.63) is 42.5 Å². The largest absolute Gasteiger partial charge is 0.492 e. The molecule has 0 aliphatic carbocycles. The van der Waals surface area contributed by atoms with Crippen molar-refractivity contribution in [1.29, 1.82) is 0 Å². The molecule has 7 heteroatoms. The molecule has 1 aromatic heterocycles. The molecular weight excluding hydrogens is 362 g/mol. The van der Waals surface area contributed by atoms with Gasteiger partial charge in [-0.25, -0.2) is 13.4 Å². The molecule has 1 saturated heterocycles. The number of aromatic nitrogens is 2. The Labute approximate surface area is 162 Å². The average molecular weight is 392 g/mol. The van der Waals surface area contributed by atoms with Crippen molar-refractivity contribution in [1.82, 2.24) is 13.9 Å². The molecule has 0 N–H and O–H groups in total. The molecule has 0 unspecified atom stereocenters. The molecule has 0 spiro atoms. The van der Waals surface area contributed by atoms with Crippen LogP contribution in [0.5, 0.6) is 5.75 Å². The maximum absolute atomic E-state index is 13.1. The smallest absolute Gasteiger partial charge is 0.246 e. The fraction of sp³-hybridized carbons (Fsp3) is 0.550. The fourth-order valence-corrected chi connectivity index (χ4v) is 5.26. The van der Waals surface area contributed by atoms with Crippen molar-refractivity contribution in [2.75, 3.05) is 19.7 Å². The van der Waals surface area contributed by atoms with Gasteiger partial charge in [0, 0.05) is 37.9 Å². The highest BCUT2D eigenvalue weighted by Gasteiger charge is 2.31. The summed E-state index contributed by atoms with van der Waals surface area (Å²) >= 11 is 0. The second-order valence-corrected chi connectivity index (χ2v) is 9.23. The van der Waals surface area contributed by atoms with Gasteiger partial charge in [0.15, 0.2) is 0 Å². The van der Waals surface area contributed by atoms with Gasteiger partial charge in [-0.15, -0.1) is 0 Å². The SMILES string of the molecule is CCOc1ccccc1S(=O)(=O)N1CCC(Cn2ccnc2C(C)C)CC1. The zero-order chi connectivity index (χ0) is 19.4. The number of benzene rings is 1. The summed E-state index contributed by atoms with van der Waals surface area (Å²) in [5.74, 6) is 2.37. The highest BCUT2D eigenvalue weighted by molar-refractivity contribution is 7.89. The number of sulfonamides is 1. The zero-order valence-electron chi connectivity index (χ0n) is 16.3. The Balaban J connectivity index is 1.67. The molecule has 27 heavy (non-hydrogen) atoms. The van der Waals surface area contributed by atoms with Crippen LogP contribution in [-0.2, 0) is 16.6 Å². The van der Waals surface area contributed by atoms with Gasteiger partial charge >= 0.3 is 0 Å². The van der Waals surface area contributed by atoms with Crippen molar-refractivity contribution in [3.8, 4) is 5.75 Å². The summed E-state index contributed by atoms with van der Waals surface area (Å²) in [7, 11) is -3.53. The average Bonchev–Trinajstić information content (AvgIpc) is 3.11. The predicted molar refractivity (Wildman–Crippen MR) is 105 cm³/mol. The van der Waals surface area contributed by atoms with E-state index in [9.17, 15) is 8.42 Å². The number of para-hydroxylation sites is 1. The summed E-state index contributed by atoms with van der Waals surface area (Å²) in [5.41, 5.74) is 0.